The van der Waals surface area contributed by atoms with E-state index < -0.39 is 0 Å². The molecule has 0 saturated carbocycles. The molecule has 1 atom stereocenters. The zero-order valence-corrected chi connectivity index (χ0v) is 13.5. The largest absolute Gasteiger partial charge is 0.310 e. The van der Waals surface area contributed by atoms with Gasteiger partial charge in [0, 0.05) is 18.2 Å². The van der Waals surface area contributed by atoms with Crippen LogP contribution in [0.4, 0.5) is 4.39 Å². The lowest BCUT2D eigenvalue weighted by Gasteiger charge is -2.23. The summed E-state index contributed by atoms with van der Waals surface area (Å²) >= 11 is 1.72. The van der Waals surface area contributed by atoms with E-state index in [4.69, 9.17) is 0 Å². The minimum Gasteiger partial charge on any atom is -0.310 e. The standard InChI is InChI=1S/C17H23FN2S/c1-3-19-17(15-6-4-5-7-16(15)18)8-10-20(2)12-14-9-11-21-13-14/h4-7,9,11,13,17,19H,3,8,10,12H2,1-2H3. The number of rotatable bonds is 8. The Morgan fingerprint density at radius 3 is 2.76 bits per heavy atom. The van der Waals surface area contributed by atoms with Crippen LogP contribution in [0.15, 0.2) is 41.1 Å². The van der Waals surface area contributed by atoms with Crippen molar-refractivity contribution in [2.45, 2.75) is 25.9 Å². The Morgan fingerprint density at radius 2 is 2.10 bits per heavy atom. The molecule has 1 heterocycles. The smallest absolute Gasteiger partial charge is 0.127 e. The van der Waals surface area contributed by atoms with E-state index in [1.54, 1.807) is 17.4 Å². The van der Waals surface area contributed by atoms with Gasteiger partial charge in [0.05, 0.1) is 0 Å². The predicted molar refractivity (Wildman–Crippen MR) is 88.1 cm³/mol. The second-order valence-electron chi connectivity index (χ2n) is 5.29. The molecule has 0 fully saturated rings. The Balaban J connectivity index is 1.92. The van der Waals surface area contributed by atoms with Gasteiger partial charge in [-0.3, -0.25) is 0 Å². The van der Waals surface area contributed by atoms with Crippen molar-refractivity contribution < 1.29 is 4.39 Å². The summed E-state index contributed by atoms with van der Waals surface area (Å²) in [6.45, 7) is 4.78. The summed E-state index contributed by atoms with van der Waals surface area (Å²) in [5, 5.41) is 7.67. The molecule has 114 valence electrons. The lowest BCUT2D eigenvalue weighted by Crippen LogP contribution is -2.27. The van der Waals surface area contributed by atoms with Crippen LogP contribution in [0, 0.1) is 5.82 Å². The SMILES string of the molecule is CCNC(CCN(C)Cc1ccsc1)c1ccccc1F. The summed E-state index contributed by atoms with van der Waals surface area (Å²) in [4.78, 5) is 2.28. The average Bonchev–Trinajstić information content (AvgIpc) is 2.97. The molecule has 0 saturated heterocycles. The summed E-state index contributed by atoms with van der Waals surface area (Å²) in [6, 6.07) is 9.28. The Labute approximate surface area is 130 Å². The van der Waals surface area contributed by atoms with Crippen molar-refractivity contribution in [2.24, 2.45) is 0 Å². The molecule has 0 bridgehead atoms. The molecule has 0 aliphatic rings. The van der Waals surface area contributed by atoms with Gasteiger partial charge < -0.3 is 10.2 Å². The lowest BCUT2D eigenvalue weighted by molar-refractivity contribution is 0.300. The van der Waals surface area contributed by atoms with E-state index in [2.05, 4.69) is 41.0 Å². The summed E-state index contributed by atoms with van der Waals surface area (Å²) in [6.07, 6.45) is 0.898. The molecular formula is C17H23FN2S. The van der Waals surface area contributed by atoms with Gasteiger partial charge in [-0.2, -0.15) is 11.3 Å². The van der Waals surface area contributed by atoms with Crippen LogP contribution in [0.5, 0.6) is 0 Å². The van der Waals surface area contributed by atoms with Crippen LogP contribution in [0.25, 0.3) is 0 Å². The molecule has 2 nitrogen and oxygen atoms in total. The van der Waals surface area contributed by atoms with Crippen LogP contribution in [-0.4, -0.2) is 25.0 Å². The number of hydrogen-bond donors (Lipinski definition) is 1. The van der Waals surface area contributed by atoms with Gasteiger partial charge in [0.2, 0.25) is 0 Å². The van der Waals surface area contributed by atoms with Crippen LogP contribution in [0.2, 0.25) is 0 Å². The number of thiophene rings is 1. The van der Waals surface area contributed by atoms with Crippen molar-refractivity contribution in [1.82, 2.24) is 10.2 Å². The predicted octanol–water partition coefficient (Wildman–Crippen LogP) is 4.06. The molecule has 0 aliphatic heterocycles. The molecule has 0 aliphatic carbocycles. The Morgan fingerprint density at radius 1 is 1.29 bits per heavy atom. The van der Waals surface area contributed by atoms with Gasteiger partial charge in [-0.15, -0.1) is 0 Å². The molecular weight excluding hydrogens is 283 g/mol. The first kappa shape index (κ1) is 16.1. The zero-order valence-electron chi connectivity index (χ0n) is 12.7. The van der Waals surface area contributed by atoms with Gasteiger partial charge in [-0.1, -0.05) is 25.1 Å². The topological polar surface area (TPSA) is 15.3 Å². The summed E-state index contributed by atoms with van der Waals surface area (Å²) < 4.78 is 13.9. The van der Waals surface area contributed by atoms with Crippen LogP contribution in [0.3, 0.4) is 0 Å². The van der Waals surface area contributed by atoms with Crippen LogP contribution >= 0.6 is 11.3 Å². The van der Waals surface area contributed by atoms with Crippen molar-refractivity contribution in [1.29, 1.82) is 0 Å². The zero-order chi connectivity index (χ0) is 15.1. The molecule has 1 unspecified atom stereocenters. The fourth-order valence-electron chi connectivity index (χ4n) is 2.49. The molecule has 1 N–H and O–H groups in total. The first-order chi connectivity index (χ1) is 10.2. The maximum absolute atomic E-state index is 13.9. The maximum Gasteiger partial charge on any atom is 0.127 e. The number of halogens is 1. The third kappa shape index (κ3) is 4.92. The Bertz CT molecular complexity index is 527. The minimum absolute atomic E-state index is 0.0705. The monoisotopic (exact) mass is 306 g/mol. The molecule has 2 rings (SSSR count). The highest BCUT2D eigenvalue weighted by molar-refractivity contribution is 7.07. The molecule has 0 radical (unpaired) electrons. The third-order valence-corrected chi connectivity index (χ3v) is 4.30. The molecule has 0 amide bonds. The number of benzene rings is 1. The number of hydrogen-bond acceptors (Lipinski definition) is 3. The maximum atomic E-state index is 13.9. The van der Waals surface area contributed by atoms with E-state index in [0.717, 1.165) is 31.6 Å². The lowest BCUT2D eigenvalue weighted by atomic mass is 10.0. The van der Waals surface area contributed by atoms with Gasteiger partial charge in [0.1, 0.15) is 5.82 Å². The average molecular weight is 306 g/mol. The van der Waals surface area contributed by atoms with E-state index in [0.29, 0.717) is 0 Å². The first-order valence-corrected chi connectivity index (χ1v) is 8.32. The Hall–Kier alpha value is -1.23. The normalized spacial score (nSPS) is 12.8. The highest BCUT2D eigenvalue weighted by Crippen LogP contribution is 2.20. The van der Waals surface area contributed by atoms with Crippen molar-refractivity contribution in [3.05, 3.63) is 58.0 Å². The molecule has 1 aromatic carbocycles. The second-order valence-corrected chi connectivity index (χ2v) is 6.07. The van der Waals surface area contributed by atoms with Gasteiger partial charge >= 0.3 is 0 Å². The summed E-state index contributed by atoms with van der Waals surface area (Å²) in [5.74, 6) is -0.121. The van der Waals surface area contributed by atoms with Crippen LogP contribution < -0.4 is 5.32 Å². The Kier molecular flexibility index (Phi) is 6.36. The van der Waals surface area contributed by atoms with Crippen LogP contribution in [0.1, 0.15) is 30.5 Å². The highest BCUT2D eigenvalue weighted by atomic mass is 32.1. The fourth-order valence-corrected chi connectivity index (χ4v) is 3.15. The number of nitrogens with zero attached hydrogens (tertiary/aromatic N) is 1. The highest BCUT2D eigenvalue weighted by Gasteiger charge is 2.15. The van der Waals surface area contributed by atoms with Gasteiger partial charge in [0.25, 0.3) is 0 Å². The van der Waals surface area contributed by atoms with E-state index in [1.165, 1.54) is 11.6 Å². The van der Waals surface area contributed by atoms with E-state index in [1.807, 2.05) is 12.1 Å². The molecule has 1 aromatic heterocycles. The second kappa shape index (κ2) is 8.27. The third-order valence-electron chi connectivity index (χ3n) is 3.56. The summed E-state index contributed by atoms with van der Waals surface area (Å²) in [5.41, 5.74) is 2.11. The molecule has 0 spiro atoms. The van der Waals surface area contributed by atoms with Crippen LogP contribution in [-0.2, 0) is 6.54 Å². The number of nitrogens with one attached hydrogen (secondary N) is 1. The van der Waals surface area contributed by atoms with Gasteiger partial charge in [0.15, 0.2) is 0 Å². The molecule has 2 aromatic rings. The summed E-state index contributed by atoms with van der Waals surface area (Å²) in [7, 11) is 2.11. The molecule has 21 heavy (non-hydrogen) atoms. The molecule has 4 heteroatoms. The van der Waals surface area contributed by atoms with Gasteiger partial charge in [-0.05, 0) is 55.0 Å². The van der Waals surface area contributed by atoms with Crippen molar-refractivity contribution in [2.75, 3.05) is 20.1 Å². The first-order valence-electron chi connectivity index (χ1n) is 7.38. The van der Waals surface area contributed by atoms with Crippen molar-refractivity contribution in [3.8, 4) is 0 Å². The van der Waals surface area contributed by atoms with E-state index >= 15 is 0 Å². The van der Waals surface area contributed by atoms with E-state index in [-0.39, 0.29) is 11.9 Å². The van der Waals surface area contributed by atoms with Crippen molar-refractivity contribution >= 4 is 11.3 Å². The van der Waals surface area contributed by atoms with Gasteiger partial charge in [-0.25, -0.2) is 4.39 Å². The minimum atomic E-state index is -0.121. The fraction of sp³-hybridized carbons (Fsp3) is 0.412. The van der Waals surface area contributed by atoms with Crippen molar-refractivity contribution in [3.63, 3.8) is 0 Å². The quantitative estimate of drug-likeness (QED) is 0.791. The van der Waals surface area contributed by atoms with E-state index in [9.17, 15) is 4.39 Å².